The predicted octanol–water partition coefficient (Wildman–Crippen LogP) is 4.77. The van der Waals surface area contributed by atoms with Crippen molar-refractivity contribution < 1.29 is 0 Å². The number of thiophene rings is 1. The van der Waals surface area contributed by atoms with Gasteiger partial charge < -0.3 is 0 Å². The maximum atomic E-state index is 4.77. The van der Waals surface area contributed by atoms with E-state index in [1.54, 1.807) is 16.2 Å². The highest BCUT2D eigenvalue weighted by Gasteiger charge is 2.18. The highest BCUT2D eigenvalue weighted by molar-refractivity contribution is 9.11. The Morgan fingerprint density at radius 3 is 2.89 bits per heavy atom. The Labute approximate surface area is 121 Å². The number of rotatable bonds is 1. The summed E-state index contributed by atoms with van der Waals surface area (Å²) in [5, 5.41) is 0. The Morgan fingerprint density at radius 1 is 1.17 bits per heavy atom. The molecule has 4 rings (SSSR count). The van der Waals surface area contributed by atoms with Crippen molar-refractivity contribution in [3.63, 3.8) is 0 Å². The van der Waals surface area contributed by atoms with Crippen LogP contribution in [0.4, 0.5) is 0 Å². The Morgan fingerprint density at radius 2 is 2.06 bits per heavy atom. The van der Waals surface area contributed by atoms with Crippen LogP contribution in [0.3, 0.4) is 0 Å². The first-order valence-corrected chi connectivity index (χ1v) is 8.49. The van der Waals surface area contributed by atoms with Gasteiger partial charge in [0.05, 0.1) is 8.66 Å². The summed E-state index contributed by atoms with van der Waals surface area (Å²) in [5.74, 6) is 0. The molecule has 0 amide bonds. The first-order valence-electron chi connectivity index (χ1n) is 6.06. The molecule has 0 atom stereocenters. The predicted molar refractivity (Wildman–Crippen MR) is 80.7 cm³/mol. The quantitative estimate of drug-likeness (QED) is 0.624. The summed E-state index contributed by atoms with van der Waals surface area (Å²) < 4.78 is 3.47. The number of aromatic nitrogens is 2. The van der Waals surface area contributed by atoms with E-state index in [4.69, 9.17) is 4.98 Å². The maximum absolute atomic E-state index is 4.77. The fourth-order valence-corrected chi connectivity index (χ4v) is 5.07. The highest BCUT2D eigenvalue weighted by Crippen LogP contribution is 2.35. The van der Waals surface area contributed by atoms with E-state index < -0.39 is 0 Å². The number of imidazole rings is 1. The summed E-state index contributed by atoms with van der Waals surface area (Å²) in [4.78, 5) is 8.71. The fourth-order valence-electron chi connectivity index (χ4n) is 2.54. The van der Waals surface area contributed by atoms with Crippen LogP contribution in [0.1, 0.15) is 23.4 Å². The van der Waals surface area contributed by atoms with Crippen LogP contribution in [-0.2, 0) is 12.8 Å². The molecule has 3 heterocycles. The van der Waals surface area contributed by atoms with Gasteiger partial charge in [0.2, 0.25) is 0 Å². The molecule has 5 heteroatoms. The lowest BCUT2D eigenvalue weighted by molar-refractivity contribution is 0.674. The number of aryl methyl sites for hydroxylation is 2. The number of halogens is 1. The smallest absolute Gasteiger partial charge is 0.194 e. The van der Waals surface area contributed by atoms with Crippen molar-refractivity contribution in [2.75, 3.05) is 0 Å². The lowest BCUT2D eigenvalue weighted by Gasteiger charge is -2.09. The lowest BCUT2D eigenvalue weighted by atomic mass is 10.0. The van der Waals surface area contributed by atoms with Crippen LogP contribution in [0.25, 0.3) is 15.5 Å². The van der Waals surface area contributed by atoms with Crippen LogP contribution in [0.15, 0.2) is 22.1 Å². The van der Waals surface area contributed by atoms with Crippen LogP contribution < -0.4 is 0 Å². The van der Waals surface area contributed by atoms with E-state index in [1.807, 2.05) is 11.3 Å². The second-order valence-electron chi connectivity index (χ2n) is 4.56. The molecule has 0 bridgehead atoms. The molecule has 1 aliphatic rings. The normalized spacial score (nSPS) is 15.2. The van der Waals surface area contributed by atoms with E-state index in [0.29, 0.717) is 0 Å². The third kappa shape index (κ3) is 1.68. The number of hydrogen-bond acceptors (Lipinski definition) is 3. The van der Waals surface area contributed by atoms with Gasteiger partial charge in [-0.05, 0) is 53.7 Å². The second kappa shape index (κ2) is 4.18. The Kier molecular flexibility index (Phi) is 2.60. The minimum Gasteiger partial charge on any atom is -0.294 e. The van der Waals surface area contributed by atoms with E-state index in [2.05, 4.69) is 38.7 Å². The van der Waals surface area contributed by atoms with Crippen molar-refractivity contribution in [2.45, 2.75) is 25.7 Å². The molecule has 0 radical (unpaired) electrons. The van der Waals surface area contributed by atoms with Gasteiger partial charge >= 0.3 is 0 Å². The molecule has 0 aromatic carbocycles. The molecule has 0 N–H and O–H groups in total. The molecule has 0 saturated carbocycles. The first-order chi connectivity index (χ1) is 8.81. The molecule has 3 aromatic heterocycles. The molecular weight excluding hydrogens is 328 g/mol. The summed E-state index contributed by atoms with van der Waals surface area (Å²) in [6, 6.07) is 4.22. The molecule has 92 valence electrons. The number of nitrogens with zero attached hydrogens (tertiary/aromatic N) is 2. The second-order valence-corrected chi connectivity index (χ2v) is 8.09. The average Bonchev–Trinajstić information content (AvgIpc) is 3.01. The van der Waals surface area contributed by atoms with Gasteiger partial charge in [-0.15, -0.1) is 22.7 Å². The van der Waals surface area contributed by atoms with Crippen molar-refractivity contribution in [1.82, 2.24) is 9.38 Å². The third-order valence-electron chi connectivity index (χ3n) is 3.39. The number of fused-ring (bicyclic) bond motifs is 3. The van der Waals surface area contributed by atoms with Crippen molar-refractivity contribution in [2.24, 2.45) is 0 Å². The van der Waals surface area contributed by atoms with Crippen LogP contribution in [0.2, 0.25) is 0 Å². The van der Waals surface area contributed by atoms with Gasteiger partial charge in [0.25, 0.3) is 0 Å². The molecular formula is C13H11BrN2S2. The van der Waals surface area contributed by atoms with Crippen molar-refractivity contribution >= 4 is 43.6 Å². The Bertz CT molecular complexity index is 723. The summed E-state index contributed by atoms with van der Waals surface area (Å²) in [6.07, 6.45) is 7.30. The topological polar surface area (TPSA) is 17.3 Å². The fraction of sp³-hybridized carbons (Fsp3) is 0.308. The molecule has 0 aliphatic heterocycles. The van der Waals surface area contributed by atoms with Crippen LogP contribution in [0.5, 0.6) is 0 Å². The largest absolute Gasteiger partial charge is 0.294 e. The summed E-state index contributed by atoms with van der Waals surface area (Å²) >= 11 is 7.12. The summed E-state index contributed by atoms with van der Waals surface area (Å²) in [5.41, 5.74) is 2.60. The zero-order valence-electron chi connectivity index (χ0n) is 9.65. The molecule has 0 saturated heterocycles. The molecule has 1 aliphatic carbocycles. The van der Waals surface area contributed by atoms with Gasteiger partial charge in [0, 0.05) is 16.8 Å². The van der Waals surface area contributed by atoms with Gasteiger partial charge in [-0.2, -0.15) is 0 Å². The monoisotopic (exact) mass is 338 g/mol. The van der Waals surface area contributed by atoms with E-state index in [-0.39, 0.29) is 0 Å². The number of thiazole rings is 1. The van der Waals surface area contributed by atoms with E-state index in [1.165, 1.54) is 36.3 Å². The SMILES string of the molecule is Brc1ccc(-c2cn3c4c(sc3n2)CCCC4)s1. The molecule has 0 spiro atoms. The van der Waals surface area contributed by atoms with Gasteiger partial charge in [0.1, 0.15) is 5.69 Å². The zero-order valence-corrected chi connectivity index (χ0v) is 12.9. The van der Waals surface area contributed by atoms with Crippen molar-refractivity contribution in [3.05, 3.63) is 32.7 Å². The van der Waals surface area contributed by atoms with Crippen LogP contribution >= 0.6 is 38.6 Å². The van der Waals surface area contributed by atoms with Crippen molar-refractivity contribution in [1.29, 1.82) is 0 Å². The van der Waals surface area contributed by atoms with Gasteiger partial charge in [-0.25, -0.2) is 4.98 Å². The van der Waals surface area contributed by atoms with E-state index in [0.717, 1.165) is 14.4 Å². The molecule has 3 aromatic rings. The average molecular weight is 339 g/mol. The highest BCUT2D eigenvalue weighted by atomic mass is 79.9. The summed E-state index contributed by atoms with van der Waals surface area (Å²) in [6.45, 7) is 0. The lowest BCUT2D eigenvalue weighted by Crippen LogP contribution is -2.01. The minimum atomic E-state index is 1.10. The maximum Gasteiger partial charge on any atom is 0.194 e. The van der Waals surface area contributed by atoms with Gasteiger partial charge in [-0.1, -0.05) is 0 Å². The van der Waals surface area contributed by atoms with Crippen LogP contribution in [0, 0.1) is 0 Å². The Hall–Kier alpha value is -0.650. The molecule has 2 nitrogen and oxygen atoms in total. The molecule has 0 unspecified atom stereocenters. The summed E-state index contributed by atoms with van der Waals surface area (Å²) in [7, 11) is 0. The zero-order chi connectivity index (χ0) is 12.1. The van der Waals surface area contributed by atoms with Gasteiger partial charge in [0.15, 0.2) is 4.96 Å². The standard InChI is InChI=1S/C13H11BrN2S2/c14-12-6-5-10(17-12)8-7-16-9-3-1-2-4-11(9)18-13(16)15-8/h5-7H,1-4H2. The van der Waals surface area contributed by atoms with E-state index >= 15 is 0 Å². The van der Waals surface area contributed by atoms with Crippen LogP contribution in [-0.4, -0.2) is 9.38 Å². The molecule has 0 fully saturated rings. The Balaban J connectivity index is 1.87. The van der Waals surface area contributed by atoms with Crippen molar-refractivity contribution in [3.8, 4) is 10.6 Å². The van der Waals surface area contributed by atoms with Gasteiger partial charge in [-0.3, -0.25) is 4.40 Å². The first kappa shape index (κ1) is 11.2. The minimum absolute atomic E-state index is 1.10. The molecule has 18 heavy (non-hydrogen) atoms. The third-order valence-corrected chi connectivity index (χ3v) is 6.20. The van der Waals surface area contributed by atoms with E-state index in [9.17, 15) is 0 Å². The number of hydrogen-bond donors (Lipinski definition) is 0.